The molecule has 0 atom stereocenters. The molecule has 0 saturated carbocycles. The topological polar surface area (TPSA) is 77.5 Å². The minimum Gasteiger partial charge on any atom is -0.457 e. The summed E-state index contributed by atoms with van der Waals surface area (Å²) in [6.07, 6.45) is -0.304. The fraction of sp³-hybridized carbons (Fsp3) is 0.182. The number of ether oxygens (including phenoxy) is 1. The third-order valence-corrected chi connectivity index (χ3v) is 6.12. The van der Waals surface area contributed by atoms with Crippen LogP contribution in [0.2, 0.25) is 0 Å². The molecule has 0 bridgehead atoms. The highest BCUT2D eigenvalue weighted by molar-refractivity contribution is 7.91. The fourth-order valence-corrected chi connectivity index (χ4v) is 3.97. The number of Topliss-reactive ketones (excluding diaryl/α,β-unsaturated/α-hetero) is 1. The average Bonchev–Trinajstić information content (AvgIpc) is 2.70. The highest BCUT2D eigenvalue weighted by Crippen LogP contribution is 2.16. The zero-order valence-corrected chi connectivity index (χ0v) is 16.2. The molecule has 0 radical (unpaired) electrons. The van der Waals surface area contributed by atoms with Crippen LogP contribution in [0.1, 0.15) is 22.3 Å². The summed E-state index contributed by atoms with van der Waals surface area (Å²) in [6, 6.07) is 19.3. The van der Waals surface area contributed by atoms with E-state index in [0.717, 1.165) is 16.3 Å². The summed E-state index contributed by atoms with van der Waals surface area (Å²) in [5.74, 6) is -1.41. The Morgan fingerprint density at radius 3 is 2.29 bits per heavy atom. The van der Waals surface area contributed by atoms with Crippen molar-refractivity contribution in [2.45, 2.75) is 18.2 Å². The highest BCUT2D eigenvalue weighted by Gasteiger charge is 2.18. The van der Waals surface area contributed by atoms with Crippen LogP contribution in [0, 0.1) is 6.92 Å². The first-order valence-corrected chi connectivity index (χ1v) is 10.5. The summed E-state index contributed by atoms with van der Waals surface area (Å²) in [5, 5.41) is 1.93. The van der Waals surface area contributed by atoms with Crippen LogP contribution in [0.4, 0.5) is 0 Å². The number of esters is 1. The van der Waals surface area contributed by atoms with Gasteiger partial charge in [-0.2, -0.15) is 0 Å². The number of aryl methyl sites for hydroxylation is 1. The number of hydrogen-bond acceptors (Lipinski definition) is 5. The van der Waals surface area contributed by atoms with Crippen LogP contribution in [-0.2, 0) is 19.4 Å². The summed E-state index contributed by atoms with van der Waals surface area (Å²) in [6.45, 7) is 1.45. The molecule has 3 aromatic carbocycles. The minimum atomic E-state index is -3.57. The number of ketones is 1. The number of sulfone groups is 1. The Kier molecular flexibility index (Phi) is 5.90. The number of hydrogen-bond donors (Lipinski definition) is 0. The lowest BCUT2D eigenvalue weighted by Crippen LogP contribution is -2.17. The van der Waals surface area contributed by atoms with Gasteiger partial charge in [0.05, 0.1) is 17.1 Å². The van der Waals surface area contributed by atoms with Gasteiger partial charge in [0.25, 0.3) is 0 Å². The second-order valence-corrected chi connectivity index (χ2v) is 8.64. The van der Waals surface area contributed by atoms with Gasteiger partial charge in [0.2, 0.25) is 0 Å². The smallest absolute Gasteiger partial charge is 0.307 e. The van der Waals surface area contributed by atoms with Crippen molar-refractivity contribution < 1.29 is 22.7 Å². The predicted molar refractivity (Wildman–Crippen MR) is 107 cm³/mol. The normalized spacial score (nSPS) is 11.3. The van der Waals surface area contributed by atoms with Crippen molar-refractivity contribution in [3.05, 3.63) is 77.9 Å². The van der Waals surface area contributed by atoms with Crippen LogP contribution in [-0.4, -0.2) is 32.5 Å². The second kappa shape index (κ2) is 8.35. The average molecular weight is 396 g/mol. The first kappa shape index (κ1) is 19.8. The largest absolute Gasteiger partial charge is 0.457 e. The molecule has 0 heterocycles. The van der Waals surface area contributed by atoms with E-state index in [1.807, 2.05) is 37.3 Å². The molecule has 0 amide bonds. The summed E-state index contributed by atoms with van der Waals surface area (Å²) in [5.41, 5.74) is 1.39. The van der Waals surface area contributed by atoms with Gasteiger partial charge in [-0.15, -0.1) is 0 Å². The fourth-order valence-electron chi connectivity index (χ4n) is 2.75. The maximum Gasteiger partial charge on any atom is 0.307 e. The quantitative estimate of drug-likeness (QED) is 0.449. The molecule has 3 rings (SSSR count). The lowest BCUT2D eigenvalue weighted by Gasteiger charge is -2.07. The van der Waals surface area contributed by atoms with E-state index in [-0.39, 0.29) is 22.9 Å². The van der Waals surface area contributed by atoms with E-state index in [1.54, 1.807) is 24.3 Å². The zero-order chi connectivity index (χ0) is 20.1. The molecule has 5 nitrogen and oxygen atoms in total. The third kappa shape index (κ3) is 4.84. The number of carbonyl (C=O) groups excluding carboxylic acids is 2. The Hall–Kier alpha value is -2.99. The van der Waals surface area contributed by atoms with Crippen LogP contribution >= 0.6 is 0 Å². The van der Waals surface area contributed by atoms with Gasteiger partial charge < -0.3 is 4.74 Å². The van der Waals surface area contributed by atoms with E-state index >= 15 is 0 Å². The molecule has 0 aliphatic carbocycles. The van der Waals surface area contributed by atoms with E-state index in [2.05, 4.69) is 0 Å². The highest BCUT2D eigenvalue weighted by atomic mass is 32.2. The predicted octanol–water partition coefficient (Wildman–Crippen LogP) is 3.74. The Morgan fingerprint density at radius 1 is 0.893 bits per heavy atom. The van der Waals surface area contributed by atoms with E-state index < -0.39 is 22.4 Å². The van der Waals surface area contributed by atoms with Gasteiger partial charge in [-0.05, 0) is 35.9 Å². The van der Waals surface area contributed by atoms with Gasteiger partial charge in [0, 0.05) is 5.56 Å². The Bertz CT molecular complexity index is 1120. The second-order valence-electron chi connectivity index (χ2n) is 6.53. The molecule has 3 aromatic rings. The molecule has 0 spiro atoms. The summed E-state index contributed by atoms with van der Waals surface area (Å²) in [7, 11) is -3.57. The van der Waals surface area contributed by atoms with Crippen molar-refractivity contribution >= 4 is 32.4 Å². The molecule has 0 aliphatic rings. The van der Waals surface area contributed by atoms with Crippen LogP contribution in [0.15, 0.2) is 71.6 Å². The Balaban J connectivity index is 1.54. The molecule has 0 unspecified atom stereocenters. The maximum atomic E-state index is 12.3. The number of carbonyl (C=O) groups is 2. The van der Waals surface area contributed by atoms with E-state index in [1.165, 1.54) is 12.1 Å². The van der Waals surface area contributed by atoms with Gasteiger partial charge in [-0.3, -0.25) is 9.59 Å². The van der Waals surface area contributed by atoms with Crippen LogP contribution in [0.5, 0.6) is 0 Å². The van der Waals surface area contributed by atoms with Gasteiger partial charge in [0.1, 0.15) is 0 Å². The maximum absolute atomic E-state index is 12.3. The summed E-state index contributed by atoms with van der Waals surface area (Å²) < 4.78 is 29.5. The van der Waals surface area contributed by atoms with Gasteiger partial charge >= 0.3 is 5.97 Å². The van der Waals surface area contributed by atoms with Crippen LogP contribution in [0.25, 0.3) is 10.8 Å². The summed E-state index contributed by atoms with van der Waals surface area (Å²) in [4.78, 5) is 24.3. The van der Waals surface area contributed by atoms with Crippen molar-refractivity contribution in [3.63, 3.8) is 0 Å². The molecule has 144 valence electrons. The standard InChI is InChI=1S/C22H20O5S/c1-16-6-10-20(11-7-16)28(25,26)13-12-22(24)27-15-21(23)19-9-8-17-4-2-3-5-18(17)14-19/h2-11,14H,12-13,15H2,1H3. The summed E-state index contributed by atoms with van der Waals surface area (Å²) >= 11 is 0. The molecular formula is C22H20O5S. The number of rotatable bonds is 7. The van der Waals surface area contributed by atoms with Crippen molar-refractivity contribution in [1.29, 1.82) is 0 Å². The molecule has 28 heavy (non-hydrogen) atoms. The Morgan fingerprint density at radius 2 is 1.57 bits per heavy atom. The minimum absolute atomic E-state index is 0.165. The molecule has 0 fully saturated rings. The lowest BCUT2D eigenvalue weighted by molar-refractivity contribution is -0.142. The first-order chi connectivity index (χ1) is 13.3. The third-order valence-electron chi connectivity index (χ3n) is 4.39. The number of fused-ring (bicyclic) bond motifs is 1. The van der Waals surface area contributed by atoms with Crippen LogP contribution < -0.4 is 0 Å². The molecule has 0 N–H and O–H groups in total. The van der Waals surface area contributed by atoms with Crippen LogP contribution in [0.3, 0.4) is 0 Å². The monoisotopic (exact) mass is 396 g/mol. The lowest BCUT2D eigenvalue weighted by atomic mass is 10.0. The van der Waals surface area contributed by atoms with Crippen molar-refractivity contribution in [3.8, 4) is 0 Å². The SMILES string of the molecule is Cc1ccc(S(=O)(=O)CCC(=O)OCC(=O)c2ccc3ccccc3c2)cc1. The molecule has 0 aliphatic heterocycles. The van der Waals surface area contributed by atoms with E-state index in [4.69, 9.17) is 4.74 Å². The Labute approximate surface area is 163 Å². The first-order valence-electron chi connectivity index (χ1n) is 8.82. The molecular weight excluding hydrogens is 376 g/mol. The van der Waals surface area contributed by atoms with E-state index in [0.29, 0.717) is 5.56 Å². The zero-order valence-electron chi connectivity index (χ0n) is 15.4. The van der Waals surface area contributed by atoms with Gasteiger partial charge in [-0.25, -0.2) is 8.42 Å². The van der Waals surface area contributed by atoms with Gasteiger partial charge in [0.15, 0.2) is 22.2 Å². The van der Waals surface area contributed by atoms with Gasteiger partial charge in [-0.1, -0.05) is 54.1 Å². The van der Waals surface area contributed by atoms with E-state index in [9.17, 15) is 18.0 Å². The number of benzene rings is 3. The molecule has 0 saturated heterocycles. The molecule has 0 aromatic heterocycles. The van der Waals surface area contributed by atoms with Crippen molar-refractivity contribution in [2.24, 2.45) is 0 Å². The molecule has 6 heteroatoms. The van der Waals surface area contributed by atoms with Crippen molar-refractivity contribution in [1.82, 2.24) is 0 Å². The van der Waals surface area contributed by atoms with Crippen molar-refractivity contribution in [2.75, 3.05) is 12.4 Å².